The topological polar surface area (TPSA) is 119 Å². The van der Waals surface area contributed by atoms with Crippen molar-refractivity contribution in [2.45, 2.75) is 0 Å². The van der Waals surface area contributed by atoms with Crippen molar-refractivity contribution in [3.8, 4) is 0 Å². The molecule has 0 aliphatic rings. The number of benzene rings is 1. The van der Waals surface area contributed by atoms with Crippen LogP contribution in [0.2, 0.25) is 0 Å². The Labute approximate surface area is 93.4 Å². The van der Waals surface area contributed by atoms with Crippen LogP contribution in [-0.4, -0.2) is 39.7 Å². The Balaban J connectivity index is 2.80. The van der Waals surface area contributed by atoms with E-state index in [-0.39, 0.29) is 4.35 Å². The van der Waals surface area contributed by atoms with Gasteiger partial charge in [-0.2, -0.15) is 0 Å². The Hall–Kier alpha value is -1.56. The first-order chi connectivity index (χ1) is 7.43. The quantitative estimate of drug-likeness (QED) is 0.237. The molecule has 0 atom stereocenters. The van der Waals surface area contributed by atoms with Crippen molar-refractivity contribution in [2.75, 3.05) is 5.32 Å². The molecule has 0 radical (unpaired) electrons. The van der Waals surface area contributed by atoms with Crippen molar-refractivity contribution in [1.82, 2.24) is 0 Å². The normalized spacial score (nSPS) is 11.6. The van der Waals surface area contributed by atoms with E-state index in [1.54, 1.807) is 0 Å². The zero-order valence-corrected chi connectivity index (χ0v) is 9.82. The van der Waals surface area contributed by atoms with E-state index in [0.29, 0.717) is 11.9 Å². The Morgan fingerprint density at radius 3 is 2.31 bits per heavy atom. The summed E-state index contributed by atoms with van der Waals surface area (Å²) in [4.78, 5) is 10.9. The number of anilines is 1. The zero-order chi connectivity index (χ0) is 12.2. The minimum absolute atomic E-state index is 0.0769. The van der Waals surface area contributed by atoms with Crippen LogP contribution in [0.4, 0.5) is 5.69 Å². The average Bonchev–Trinajstić information content (AvgIpc) is 2.17. The van der Waals surface area contributed by atoms with Crippen LogP contribution in [0.1, 0.15) is 0 Å². The summed E-state index contributed by atoms with van der Waals surface area (Å²) < 4.78 is 28.6. The molecule has 0 saturated heterocycles. The molecule has 0 saturated carbocycles. The van der Waals surface area contributed by atoms with Gasteiger partial charge in [0, 0.05) is 0 Å². The first-order valence-corrected chi connectivity index (χ1v) is 7.46. The number of rotatable bonds is 3. The fourth-order valence-electron chi connectivity index (χ4n) is 0.966. The molecule has 0 bridgehead atoms. The molecular formula is C8H9AsN2O5. The average molecular weight is 288 g/mol. The van der Waals surface area contributed by atoms with Gasteiger partial charge in [-0.3, -0.25) is 0 Å². The summed E-state index contributed by atoms with van der Waals surface area (Å²) in [5.74, 6) is -0.642. The second kappa shape index (κ2) is 4.98. The van der Waals surface area contributed by atoms with Crippen molar-refractivity contribution >= 4 is 36.3 Å². The molecule has 1 aromatic carbocycles. The van der Waals surface area contributed by atoms with Crippen LogP contribution in [-0.2, 0) is 8.53 Å². The predicted octanol–water partition coefficient (Wildman–Crippen LogP) is -1.35. The van der Waals surface area contributed by atoms with Crippen LogP contribution in [0.3, 0.4) is 0 Å². The van der Waals surface area contributed by atoms with E-state index in [1.165, 1.54) is 24.3 Å². The number of carbonyl (C=O) groups excluding carboxylic acids is 1. The number of hydrogen-bond acceptors (Lipinski definition) is 4. The SMILES string of the molecule is O=C(C=NO)Nc1ccc([As](=O)(O)O)cc1. The van der Waals surface area contributed by atoms with Crippen molar-refractivity contribution in [1.29, 1.82) is 0 Å². The standard InChI is InChI=1S/C8H9AsN2O5/c12-8(5-10-16)11-7-3-1-6(2-4-7)9(13,14)15/h1-5,16H,(H,11,12)(H2,13,14,15). The molecule has 4 N–H and O–H groups in total. The molecule has 8 heteroatoms. The third kappa shape index (κ3) is 3.54. The zero-order valence-electron chi connectivity index (χ0n) is 7.94. The summed E-state index contributed by atoms with van der Waals surface area (Å²) in [6.45, 7) is 0. The molecule has 0 spiro atoms. The molecule has 16 heavy (non-hydrogen) atoms. The van der Waals surface area contributed by atoms with Crippen LogP contribution in [0, 0.1) is 0 Å². The molecule has 86 valence electrons. The van der Waals surface area contributed by atoms with Gasteiger partial charge in [0.05, 0.1) is 0 Å². The number of nitrogens with one attached hydrogen (secondary N) is 1. The molecule has 1 aromatic rings. The van der Waals surface area contributed by atoms with E-state index < -0.39 is 20.1 Å². The second-order valence-electron chi connectivity index (χ2n) is 2.82. The third-order valence-electron chi connectivity index (χ3n) is 1.65. The van der Waals surface area contributed by atoms with Gasteiger partial charge in [-0.05, 0) is 0 Å². The maximum absolute atomic E-state index is 10.9. The summed E-state index contributed by atoms with van der Waals surface area (Å²) in [6.07, 6.45) is 0.667. The summed E-state index contributed by atoms with van der Waals surface area (Å²) in [7, 11) is 0. The molecule has 1 amide bonds. The molecule has 0 aliphatic carbocycles. The summed E-state index contributed by atoms with van der Waals surface area (Å²) in [5.41, 5.74) is 0.345. The van der Waals surface area contributed by atoms with Crippen molar-refractivity contribution in [2.24, 2.45) is 5.16 Å². The Morgan fingerprint density at radius 1 is 1.31 bits per heavy atom. The number of hydrogen-bond donors (Lipinski definition) is 4. The molecule has 7 nitrogen and oxygen atoms in total. The molecule has 0 unspecified atom stereocenters. The van der Waals surface area contributed by atoms with Crippen molar-refractivity contribution < 1.29 is 21.9 Å². The van der Waals surface area contributed by atoms with Crippen LogP contribution < -0.4 is 9.67 Å². The van der Waals surface area contributed by atoms with E-state index in [2.05, 4.69) is 10.5 Å². The number of carbonyl (C=O) groups is 1. The minimum atomic E-state index is -4.87. The van der Waals surface area contributed by atoms with Gasteiger partial charge in [-0.25, -0.2) is 0 Å². The molecule has 0 heterocycles. The Morgan fingerprint density at radius 2 is 1.88 bits per heavy atom. The summed E-state index contributed by atoms with van der Waals surface area (Å²) >= 11 is -4.87. The van der Waals surface area contributed by atoms with Gasteiger partial charge in [-0.15, -0.1) is 0 Å². The van der Waals surface area contributed by atoms with Crippen LogP contribution in [0.15, 0.2) is 29.4 Å². The molecular weight excluding hydrogens is 279 g/mol. The first kappa shape index (κ1) is 12.5. The molecule has 0 fully saturated rings. The van der Waals surface area contributed by atoms with E-state index in [4.69, 9.17) is 13.4 Å². The van der Waals surface area contributed by atoms with E-state index in [1.807, 2.05) is 0 Å². The summed E-state index contributed by atoms with van der Waals surface area (Å²) in [5, 5.41) is 12.9. The van der Waals surface area contributed by atoms with Crippen LogP contribution in [0.5, 0.6) is 0 Å². The first-order valence-electron chi connectivity index (χ1n) is 4.08. The van der Waals surface area contributed by atoms with Gasteiger partial charge in [-0.1, -0.05) is 0 Å². The van der Waals surface area contributed by atoms with Crippen molar-refractivity contribution in [3.63, 3.8) is 0 Å². The van der Waals surface area contributed by atoms with Gasteiger partial charge in [0.15, 0.2) is 0 Å². The Bertz CT molecular complexity index is 450. The fourth-order valence-corrected chi connectivity index (χ4v) is 2.09. The third-order valence-corrected chi connectivity index (χ3v) is 3.68. The summed E-state index contributed by atoms with van der Waals surface area (Å²) in [6, 6.07) is 5.15. The predicted molar refractivity (Wildman–Crippen MR) is 55.9 cm³/mol. The van der Waals surface area contributed by atoms with Gasteiger partial charge in [0.1, 0.15) is 0 Å². The maximum atomic E-state index is 10.9. The number of oxime groups is 1. The van der Waals surface area contributed by atoms with E-state index in [0.717, 1.165) is 0 Å². The van der Waals surface area contributed by atoms with Crippen molar-refractivity contribution in [3.05, 3.63) is 24.3 Å². The van der Waals surface area contributed by atoms with Gasteiger partial charge in [0.25, 0.3) is 0 Å². The van der Waals surface area contributed by atoms with Gasteiger partial charge >= 0.3 is 93.0 Å². The van der Waals surface area contributed by atoms with Gasteiger partial charge in [0.2, 0.25) is 0 Å². The van der Waals surface area contributed by atoms with Crippen LogP contribution in [0.25, 0.3) is 0 Å². The van der Waals surface area contributed by atoms with E-state index in [9.17, 15) is 8.53 Å². The monoisotopic (exact) mass is 288 g/mol. The number of nitrogens with zero attached hydrogens (tertiary/aromatic N) is 1. The second-order valence-corrected chi connectivity index (χ2v) is 6.19. The number of amides is 1. The van der Waals surface area contributed by atoms with E-state index >= 15 is 0 Å². The Kier molecular flexibility index (Phi) is 3.89. The van der Waals surface area contributed by atoms with Gasteiger partial charge < -0.3 is 0 Å². The van der Waals surface area contributed by atoms with Crippen LogP contribution >= 0.6 is 0 Å². The molecule has 0 aliphatic heterocycles. The molecule has 0 aromatic heterocycles. The fraction of sp³-hybridized carbons (Fsp3) is 0. The molecule has 1 rings (SSSR count).